The summed E-state index contributed by atoms with van der Waals surface area (Å²) in [6, 6.07) is 6.72. The topological polar surface area (TPSA) is 66.8 Å². The summed E-state index contributed by atoms with van der Waals surface area (Å²) >= 11 is 0. The summed E-state index contributed by atoms with van der Waals surface area (Å²) < 4.78 is 5.36. The lowest BCUT2D eigenvalue weighted by atomic mass is 9.92. The number of ether oxygens (including phenoxy) is 1. The Morgan fingerprint density at radius 2 is 1.76 bits per heavy atom. The molecular weight excluding hydrogens is 366 g/mol. The highest BCUT2D eigenvalue weighted by molar-refractivity contribution is 6.16. The van der Waals surface area contributed by atoms with Crippen LogP contribution >= 0.6 is 0 Å². The largest absolute Gasteiger partial charge is 0.507 e. The van der Waals surface area contributed by atoms with Crippen molar-refractivity contribution in [2.24, 2.45) is 0 Å². The monoisotopic (exact) mass is 399 g/mol. The zero-order valence-electron chi connectivity index (χ0n) is 17.8. The normalized spacial score (nSPS) is 16.3. The van der Waals surface area contributed by atoms with Crippen molar-refractivity contribution < 1.29 is 19.4 Å². The van der Waals surface area contributed by atoms with Crippen LogP contribution in [0.5, 0.6) is 0 Å². The molecule has 1 unspecified atom stereocenters. The molecule has 0 aliphatic heterocycles. The van der Waals surface area contributed by atoms with Crippen molar-refractivity contribution in [3.63, 3.8) is 0 Å². The molecule has 1 N–H and O–H groups in total. The number of hydrogen-bond donors (Lipinski definition) is 1. The van der Waals surface area contributed by atoms with Crippen molar-refractivity contribution in [3.8, 4) is 0 Å². The van der Waals surface area contributed by atoms with Gasteiger partial charge in [0, 0.05) is 11.6 Å². The number of allylic oxidation sites excluding steroid dienone is 1. The fraction of sp³-hybridized carbons (Fsp3) is 0.500. The number of Topliss-reactive ketones (excluding diaryl/α,β-unsaturated/α-hetero) is 1. The molecule has 0 aromatic heterocycles. The van der Waals surface area contributed by atoms with Gasteiger partial charge in [0.05, 0.1) is 17.7 Å². The van der Waals surface area contributed by atoms with Gasteiger partial charge in [-0.25, -0.2) is 4.79 Å². The van der Waals surface area contributed by atoms with Gasteiger partial charge >= 0.3 is 5.97 Å². The third-order valence-corrected chi connectivity index (χ3v) is 5.34. The lowest BCUT2D eigenvalue weighted by Crippen LogP contribution is -2.35. The van der Waals surface area contributed by atoms with Crippen LogP contribution < -0.4 is 0 Å². The van der Waals surface area contributed by atoms with Gasteiger partial charge in [-0.2, -0.15) is 0 Å². The Morgan fingerprint density at radius 3 is 2.38 bits per heavy atom. The van der Waals surface area contributed by atoms with Crippen LogP contribution in [-0.4, -0.2) is 47.5 Å². The predicted molar refractivity (Wildman–Crippen MR) is 115 cm³/mol. The molecule has 1 aliphatic carbocycles. The van der Waals surface area contributed by atoms with Crippen LogP contribution in [0.2, 0.25) is 0 Å². The second kappa shape index (κ2) is 11.6. The molecule has 1 aromatic carbocycles. The molecular formula is C24H33NO4. The molecule has 1 atom stereocenters. The third-order valence-electron chi connectivity index (χ3n) is 5.34. The Labute approximate surface area is 174 Å². The van der Waals surface area contributed by atoms with Crippen molar-refractivity contribution >= 4 is 11.8 Å². The number of carbonyl (C=O) groups excluding carboxylic acids is 2. The molecule has 0 fully saturated rings. The number of ketones is 1. The van der Waals surface area contributed by atoms with Gasteiger partial charge in [-0.3, -0.25) is 9.69 Å². The average Bonchev–Trinajstić information content (AvgIpc) is 2.74. The Morgan fingerprint density at radius 1 is 1.07 bits per heavy atom. The first-order valence-electron chi connectivity index (χ1n) is 10.7. The first-order valence-corrected chi connectivity index (χ1v) is 10.7. The molecule has 1 aromatic rings. The summed E-state index contributed by atoms with van der Waals surface area (Å²) in [7, 11) is 0. The number of rotatable bonds is 11. The molecule has 158 valence electrons. The number of likely N-dealkylation sites (N-methyl/N-ethyl adjacent to an activating group) is 1. The molecule has 0 heterocycles. The molecule has 5 nitrogen and oxygen atoms in total. The van der Waals surface area contributed by atoms with E-state index in [-0.39, 0.29) is 34.3 Å². The van der Waals surface area contributed by atoms with Crippen LogP contribution in [-0.2, 0) is 4.74 Å². The van der Waals surface area contributed by atoms with E-state index in [9.17, 15) is 14.7 Å². The zero-order chi connectivity index (χ0) is 21.2. The minimum Gasteiger partial charge on any atom is -0.507 e. The van der Waals surface area contributed by atoms with Crippen LogP contribution in [0.1, 0.15) is 73.6 Å². The number of esters is 1. The maximum Gasteiger partial charge on any atom is 0.338 e. The molecule has 0 saturated carbocycles. The first-order chi connectivity index (χ1) is 14.0. The number of unbranched alkanes of at least 4 members (excludes halogenated alkanes) is 3. The summed E-state index contributed by atoms with van der Waals surface area (Å²) in [5.74, 6) is -0.873. The van der Waals surface area contributed by atoms with Gasteiger partial charge in [0.15, 0.2) is 5.78 Å². The number of carbonyl (C=O) groups is 2. The maximum atomic E-state index is 13.1. The van der Waals surface area contributed by atoms with Gasteiger partial charge in [0.25, 0.3) is 0 Å². The number of aliphatic hydroxyl groups is 1. The highest BCUT2D eigenvalue weighted by Gasteiger charge is 2.26. The smallest absolute Gasteiger partial charge is 0.338 e. The van der Waals surface area contributed by atoms with E-state index in [2.05, 4.69) is 25.7 Å². The van der Waals surface area contributed by atoms with Crippen molar-refractivity contribution in [3.05, 3.63) is 58.9 Å². The fourth-order valence-electron chi connectivity index (χ4n) is 3.61. The van der Waals surface area contributed by atoms with Crippen molar-refractivity contribution in [2.45, 2.75) is 58.9 Å². The zero-order valence-corrected chi connectivity index (χ0v) is 17.8. The Kier molecular flexibility index (Phi) is 9.13. The molecule has 0 spiro atoms. The van der Waals surface area contributed by atoms with E-state index in [1.54, 1.807) is 36.4 Å². The predicted octanol–water partition coefficient (Wildman–Crippen LogP) is 5.09. The standard InChI is InChI=1S/C24H33NO4/c1-4-7-8-11-16-29-24(28)20-13-10-9-12-19(20)23(27)21-15-14-18(17-22(21)26)25(5-2)6-3/h9-10,12-13,15,17-18,26H,4-8,11,14,16H2,1-3H3. The third kappa shape index (κ3) is 6.04. The van der Waals surface area contributed by atoms with E-state index in [0.29, 0.717) is 13.0 Å². The van der Waals surface area contributed by atoms with E-state index in [0.717, 1.165) is 38.8 Å². The van der Waals surface area contributed by atoms with E-state index in [1.807, 2.05) is 0 Å². The first kappa shape index (κ1) is 22.9. The minimum atomic E-state index is -0.494. The van der Waals surface area contributed by atoms with Crippen LogP contribution in [0.4, 0.5) is 0 Å². The van der Waals surface area contributed by atoms with Crippen molar-refractivity contribution in [1.82, 2.24) is 4.90 Å². The average molecular weight is 400 g/mol. The molecule has 0 bridgehead atoms. The van der Waals surface area contributed by atoms with E-state index < -0.39 is 5.97 Å². The number of hydrogen-bond acceptors (Lipinski definition) is 5. The van der Waals surface area contributed by atoms with Gasteiger partial charge < -0.3 is 9.84 Å². The second-order valence-electron chi connectivity index (χ2n) is 7.27. The molecule has 29 heavy (non-hydrogen) atoms. The van der Waals surface area contributed by atoms with E-state index in [1.165, 1.54) is 0 Å². The highest BCUT2D eigenvalue weighted by Crippen LogP contribution is 2.25. The lowest BCUT2D eigenvalue weighted by Gasteiger charge is -2.29. The number of aliphatic hydroxyl groups excluding tert-OH is 1. The van der Waals surface area contributed by atoms with E-state index >= 15 is 0 Å². The van der Waals surface area contributed by atoms with Crippen LogP contribution in [0.25, 0.3) is 0 Å². The fourth-order valence-corrected chi connectivity index (χ4v) is 3.61. The summed E-state index contributed by atoms with van der Waals surface area (Å²) in [5, 5.41) is 10.5. The van der Waals surface area contributed by atoms with E-state index in [4.69, 9.17) is 4.74 Å². The Balaban J connectivity index is 2.12. The summed E-state index contributed by atoms with van der Waals surface area (Å²) in [6.45, 7) is 8.36. The SMILES string of the molecule is CCCCCCOC(=O)c1ccccc1C(=O)C1=CCC(N(CC)CC)C=C1O. The molecule has 0 saturated heterocycles. The minimum absolute atomic E-state index is 0.0270. The Hall–Kier alpha value is -2.40. The molecule has 2 rings (SSSR count). The van der Waals surface area contributed by atoms with Gasteiger partial charge in [-0.05, 0) is 38.1 Å². The van der Waals surface area contributed by atoms with Crippen LogP contribution in [0, 0.1) is 0 Å². The summed E-state index contributed by atoms with van der Waals surface area (Å²) in [5.41, 5.74) is 0.753. The van der Waals surface area contributed by atoms with Gasteiger partial charge in [-0.15, -0.1) is 0 Å². The number of benzene rings is 1. The molecule has 0 amide bonds. The quantitative estimate of drug-likeness (QED) is 0.319. The van der Waals surface area contributed by atoms with Crippen LogP contribution in [0.15, 0.2) is 47.7 Å². The summed E-state index contributed by atoms with van der Waals surface area (Å²) in [4.78, 5) is 27.8. The van der Waals surface area contributed by atoms with Crippen LogP contribution in [0.3, 0.4) is 0 Å². The van der Waals surface area contributed by atoms with Crippen molar-refractivity contribution in [2.75, 3.05) is 19.7 Å². The molecule has 5 heteroatoms. The summed E-state index contributed by atoms with van der Waals surface area (Å²) in [6.07, 6.45) is 8.22. The maximum absolute atomic E-state index is 13.1. The van der Waals surface area contributed by atoms with Crippen molar-refractivity contribution in [1.29, 1.82) is 0 Å². The van der Waals surface area contributed by atoms with Gasteiger partial charge in [0.1, 0.15) is 5.76 Å². The van der Waals surface area contributed by atoms with Gasteiger partial charge in [-0.1, -0.05) is 64.3 Å². The molecule has 0 radical (unpaired) electrons. The number of nitrogens with zero attached hydrogens (tertiary/aromatic N) is 1. The lowest BCUT2D eigenvalue weighted by molar-refractivity contribution is 0.0495. The highest BCUT2D eigenvalue weighted by atomic mass is 16.5. The Bertz CT molecular complexity index is 762. The second-order valence-corrected chi connectivity index (χ2v) is 7.27. The molecule has 1 aliphatic rings. The van der Waals surface area contributed by atoms with Gasteiger partial charge in [0.2, 0.25) is 0 Å².